The summed E-state index contributed by atoms with van der Waals surface area (Å²) in [6.07, 6.45) is 3.83. The summed E-state index contributed by atoms with van der Waals surface area (Å²) in [6, 6.07) is 14.5. The maximum Gasteiger partial charge on any atom is 0.308 e. The summed E-state index contributed by atoms with van der Waals surface area (Å²) < 4.78 is 12.6. The van der Waals surface area contributed by atoms with Gasteiger partial charge in [-0.15, -0.1) is 5.10 Å². The lowest BCUT2D eigenvalue weighted by Crippen LogP contribution is -2.23. The molecule has 0 atom stereocenters. The van der Waals surface area contributed by atoms with Gasteiger partial charge in [-0.25, -0.2) is 0 Å². The number of carbonyl (C=O) groups excluding carboxylic acids is 1. The van der Waals surface area contributed by atoms with E-state index in [9.17, 15) is 9.59 Å². The predicted molar refractivity (Wildman–Crippen MR) is 120 cm³/mol. The molecule has 0 aliphatic rings. The summed E-state index contributed by atoms with van der Waals surface area (Å²) in [4.78, 5) is 28.9. The van der Waals surface area contributed by atoms with Crippen LogP contribution in [0.15, 0.2) is 53.3 Å². The van der Waals surface area contributed by atoms with Crippen LogP contribution in [0.4, 0.5) is 0 Å². The van der Waals surface area contributed by atoms with Crippen molar-refractivity contribution in [2.75, 3.05) is 6.61 Å². The second-order valence-electron chi connectivity index (χ2n) is 6.94. The molecule has 2 aromatic carbocycles. The van der Waals surface area contributed by atoms with Gasteiger partial charge in [-0.1, -0.05) is 36.8 Å². The predicted octanol–water partition coefficient (Wildman–Crippen LogP) is 3.47. The minimum Gasteiger partial charge on any atom is -0.494 e. The molecule has 0 aliphatic carbocycles. The molecule has 0 saturated heterocycles. The minimum atomic E-state index is -0.395. The first kappa shape index (κ1) is 20.7. The Bertz CT molecular complexity index is 1330. The quantitative estimate of drug-likeness (QED) is 0.251. The number of aromatic nitrogens is 3. The molecule has 158 valence electrons. The zero-order chi connectivity index (χ0) is 21.8. The molecule has 7 nitrogen and oxygen atoms in total. The zero-order valence-electron chi connectivity index (χ0n) is 17.2. The van der Waals surface area contributed by atoms with E-state index >= 15 is 0 Å². The summed E-state index contributed by atoms with van der Waals surface area (Å²) in [5, 5.41) is 4.38. The number of thiazole rings is 1. The van der Waals surface area contributed by atoms with Gasteiger partial charge in [-0.2, -0.15) is 9.50 Å². The van der Waals surface area contributed by atoms with Gasteiger partial charge in [0, 0.05) is 12.5 Å². The third-order valence-electron chi connectivity index (χ3n) is 4.48. The van der Waals surface area contributed by atoms with Crippen LogP contribution in [0.5, 0.6) is 11.5 Å². The zero-order valence-corrected chi connectivity index (χ0v) is 18.0. The lowest BCUT2D eigenvalue weighted by Gasteiger charge is -2.05. The summed E-state index contributed by atoms with van der Waals surface area (Å²) in [5.41, 5.74) is 1.33. The molecule has 0 aliphatic heterocycles. The van der Waals surface area contributed by atoms with E-state index in [-0.39, 0.29) is 5.56 Å². The van der Waals surface area contributed by atoms with E-state index in [0.29, 0.717) is 27.7 Å². The first-order valence-corrected chi connectivity index (χ1v) is 10.8. The molecule has 8 heteroatoms. The van der Waals surface area contributed by atoms with Crippen LogP contribution >= 0.6 is 11.3 Å². The summed E-state index contributed by atoms with van der Waals surface area (Å²) in [5.74, 6) is 1.33. The Balaban J connectivity index is 1.59. The number of hydrogen-bond acceptors (Lipinski definition) is 7. The van der Waals surface area contributed by atoms with Crippen molar-refractivity contribution < 1.29 is 14.3 Å². The number of benzene rings is 2. The van der Waals surface area contributed by atoms with Crippen molar-refractivity contribution in [2.45, 2.75) is 26.7 Å². The molecule has 0 unspecified atom stereocenters. The largest absolute Gasteiger partial charge is 0.494 e. The Morgan fingerprint density at radius 1 is 1.16 bits per heavy atom. The van der Waals surface area contributed by atoms with Crippen molar-refractivity contribution in [1.29, 1.82) is 0 Å². The van der Waals surface area contributed by atoms with Crippen LogP contribution in [0.1, 0.15) is 32.3 Å². The Morgan fingerprint density at radius 3 is 2.68 bits per heavy atom. The molecule has 4 rings (SSSR count). The number of hydrogen-bond donors (Lipinski definition) is 0. The molecule has 0 saturated carbocycles. The Kier molecular flexibility index (Phi) is 6.08. The molecular weight excluding hydrogens is 414 g/mol. The number of carbonyl (C=O) groups is 1. The van der Waals surface area contributed by atoms with Crippen LogP contribution in [-0.4, -0.2) is 27.2 Å². The van der Waals surface area contributed by atoms with Crippen molar-refractivity contribution in [3.8, 4) is 22.9 Å². The van der Waals surface area contributed by atoms with Gasteiger partial charge in [-0.3, -0.25) is 9.59 Å². The topological polar surface area (TPSA) is 82.8 Å². The minimum absolute atomic E-state index is 0.240. The molecule has 0 spiro atoms. The number of fused-ring (bicyclic) bond motifs is 1. The third-order valence-corrected chi connectivity index (χ3v) is 5.44. The lowest BCUT2D eigenvalue weighted by molar-refractivity contribution is -0.131. The van der Waals surface area contributed by atoms with Crippen LogP contribution in [0.25, 0.3) is 22.4 Å². The fourth-order valence-electron chi connectivity index (χ4n) is 2.98. The van der Waals surface area contributed by atoms with Crippen molar-refractivity contribution in [2.24, 2.45) is 0 Å². The van der Waals surface area contributed by atoms with Gasteiger partial charge < -0.3 is 9.47 Å². The maximum absolute atomic E-state index is 12.8. The van der Waals surface area contributed by atoms with Gasteiger partial charge in [0.2, 0.25) is 4.96 Å². The van der Waals surface area contributed by atoms with Gasteiger partial charge in [0.1, 0.15) is 11.5 Å². The molecule has 2 aromatic heterocycles. The Morgan fingerprint density at radius 2 is 1.97 bits per heavy atom. The smallest absolute Gasteiger partial charge is 0.308 e. The van der Waals surface area contributed by atoms with E-state index in [1.165, 1.54) is 22.8 Å². The summed E-state index contributed by atoms with van der Waals surface area (Å²) >= 11 is 1.26. The van der Waals surface area contributed by atoms with Crippen molar-refractivity contribution in [3.63, 3.8) is 0 Å². The van der Waals surface area contributed by atoms with E-state index in [0.717, 1.165) is 29.7 Å². The first-order chi connectivity index (χ1) is 15.0. The van der Waals surface area contributed by atoms with E-state index in [1.807, 2.05) is 30.3 Å². The molecule has 4 aromatic rings. The van der Waals surface area contributed by atoms with Gasteiger partial charge >= 0.3 is 5.97 Å². The van der Waals surface area contributed by atoms with Crippen LogP contribution in [-0.2, 0) is 4.79 Å². The van der Waals surface area contributed by atoms with E-state index in [2.05, 4.69) is 17.0 Å². The molecular formula is C23H21N3O4S. The number of esters is 1. The second kappa shape index (κ2) is 9.09. The summed E-state index contributed by atoms with van der Waals surface area (Å²) in [7, 11) is 0. The average molecular weight is 436 g/mol. The number of nitrogens with zero attached hydrogens (tertiary/aromatic N) is 3. The fraction of sp³-hybridized carbons (Fsp3) is 0.217. The highest BCUT2D eigenvalue weighted by atomic mass is 32.1. The van der Waals surface area contributed by atoms with Crippen LogP contribution in [0.2, 0.25) is 0 Å². The van der Waals surface area contributed by atoms with E-state index < -0.39 is 5.97 Å². The number of ether oxygens (including phenoxy) is 2. The molecule has 0 N–H and O–H groups in total. The Hall–Kier alpha value is -3.52. The highest BCUT2D eigenvalue weighted by Crippen LogP contribution is 2.21. The molecule has 31 heavy (non-hydrogen) atoms. The lowest BCUT2D eigenvalue weighted by atomic mass is 10.2. The highest BCUT2D eigenvalue weighted by molar-refractivity contribution is 7.15. The third kappa shape index (κ3) is 4.80. The summed E-state index contributed by atoms with van der Waals surface area (Å²) in [6.45, 7) is 4.16. The van der Waals surface area contributed by atoms with E-state index in [1.54, 1.807) is 24.3 Å². The maximum atomic E-state index is 12.8. The Labute approximate surface area is 182 Å². The van der Waals surface area contributed by atoms with Crippen LogP contribution < -0.4 is 19.6 Å². The fourth-order valence-corrected chi connectivity index (χ4v) is 3.88. The van der Waals surface area contributed by atoms with E-state index in [4.69, 9.17) is 9.47 Å². The van der Waals surface area contributed by atoms with Gasteiger partial charge in [-0.05, 0) is 54.5 Å². The normalized spacial score (nSPS) is 11.7. The molecule has 0 amide bonds. The SMILES string of the molecule is CCCCOc1ccc(-c2nc3sc(=Cc4cccc(OC(C)=O)c4)c(=O)n3n2)cc1. The standard InChI is InChI=1S/C23H21N3O4S/c1-3-4-12-29-18-10-8-17(9-11-18)21-24-23-26(25-21)22(28)20(31-23)14-16-6-5-7-19(13-16)30-15(2)27/h5-11,13-14H,3-4,12H2,1-2H3. The second-order valence-corrected chi connectivity index (χ2v) is 7.95. The number of rotatable bonds is 7. The van der Waals surface area contributed by atoms with Crippen LogP contribution in [0, 0.1) is 0 Å². The molecule has 0 fully saturated rings. The van der Waals surface area contributed by atoms with Gasteiger partial charge in [0.15, 0.2) is 5.82 Å². The molecule has 2 heterocycles. The van der Waals surface area contributed by atoms with Gasteiger partial charge in [0.05, 0.1) is 11.1 Å². The van der Waals surface area contributed by atoms with Gasteiger partial charge in [0.25, 0.3) is 5.56 Å². The first-order valence-electron chi connectivity index (χ1n) is 9.96. The molecule has 0 bridgehead atoms. The van der Waals surface area contributed by atoms with Crippen LogP contribution in [0.3, 0.4) is 0 Å². The molecule has 0 radical (unpaired) electrons. The van der Waals surface area contributed by atoms with Crippen molar-refractivity contribution in [1.82, 2.24) is 14.6 Å². The average Bonchev–Trinajstić information content (AvgIpc) is 3.28. The highest BCUT2D eigenvalue weighted by Gasteiger charge is 2.12. The van der Waals surface area contributed by atoms with Crippen molar-refractivity contribution in [3.05, 3.63) is 69.0 Å². The monoisotopic (exact) mass is 435 g/mol. The van der Waals surface area contributed by atoms with Crippen molar-refractivity contribution >= 4 is 28.3 Å². The number of unbranched alkanes of at least 4 members (excludes halogenated alkanes) is 1.